The summed E-state index contributed by atoms with van der Waals surface area (Å²) >= 11 is 3.46. The molecule has 0 saturated heterocycles. The zero-order valence-electron chi connectivity index (χ0n) is 12.8. The Bertz CT molecular complexity index is 700. The van der Waals surface area contributed by atoms with E-state index in [0.29, 0.717) is 5.69 Å². The minimum absolute atomic E-state index is 0.114. The third kappa shape index (κ3) is 2.93. The number of halogens is 1. The number of aryl methyl sites for hydroxylation is 1. The average Bonchev–Trinajstić information content (AvgIpc) is 2.66. The lowest BCUT2D eigenvalue weighted by Crippen LogP contribution is -2.23. The van der Waals surface area contributed by atoms with Gasteiger partial charge in [0.25, 0.3) is 5.56 Å². The number of anilines is 1. The monoisotopic (exact) mass is 351 g/mol. The first-order valence-corrected chi connectivity index (χ1v) is 8.17. The van der Waals surface area contributed by atoms with Gasteiger partial charge < -0.3 is 5.73 Å². The van der Waals surface area contributed by atoms with Gasteiger partial charge in [-0.05, 0) is 43.5 Å². The van der Waals surface area contributed by atoms with Crippen LogP contribution in [0.15, 0.2) is 27.5 Å². The van der Waals surface area contributed by atoms with Gasteiger partial charge in [0.2, 0.25) is 0 Å². The van der Waals surface area contributed by atoms with E-state index in [1.807, 2.05) is 29.8 Å². The zero-order chi connectivity index (χ0) is 15.6. The van der Waals surface area contributed by atoms with Gasteiger partial charge in [0.05, 0.1) is 11.4 Å². The standard InChI is InChI=1S/C16H22BrN3O/c1-4-6-14-15(18)16(21)20(19(14)9-5-2)13-8-7-12(17)10-11(13)3/h7-8,10H,4-6,9,18H2,1-3H3. The molecule has 0 radical (unpaired) electrons. The van der Waals surface area contributed by atoms with E-state index in [2.05, 4.69) is 29.8 Å². The quantitative estimate of drug-likeness (QED) is 0.893. The molecule has 0 amide bonds. The van der Waals surface area contributed by atoms with Gasteiger partial charge in [0.15, 0.2) is 0 Å². The molecule has 2 aromatic rings. The molecule has 2 rings (SSSR count). The lowest BCUT2D eigenvalue weighted by Gasteiger charge is -2.15. The lowest BCUT2D eigenvalue weighted by molar-refractivity contribution is 0.511. The normalized spacial score (nSPS) is 11.0. The van der Waals surface area contributed by atoms with Crippen LogP contribution in [0.4, 0.5) is 5.69 Å². The summed E-state index contributed by atoms with van der Waals surface area (Å²) in [6.07, 6.45) is 2.75. The minimum atomic E-state index is -0.114. The van der Waals surface area contributed by atoms with Gasteiger partial charge in [0.1, 0.15) is 5.69 Å². The largest absolute Gasteiger partial charge is 0.393 e. The first-order chi connectivity index (χ1) is 10.0. The molecule has 1 heterocycles. The van der Waals surface area contributed by atoms with Crippen molar-refractivity contribution in [2.24, 2.45) is 0 Å². The predicted molar refractivity (Wildman–Crippen MR) is 91.2 cm³/mol. The summed E-state index contributed by atoms with van der Waals surface area (Å²) in [4.78, 5) is 12.6. The average molecular weight is 352 g/mol. The highest BCUT2D eigenvalue weighted by atomic mass is 79.9. The summed E-state index contributed by atoms with van der Waals surface area (Å²) in [6.45, 7) is 7.00. The molecule has 4 nitrogen and oxygen atoms in total. The highest BCUT2D eigenvalue weighted by Gasteiger charge is 2.18. The maximum Gasteiger partial charge on any atom is 0.294 e. The molecule has 1 aromatic heterocycles. The van der Waals surface area contributed by atoms with E-state index < -0.39 is 0 Å². The van der Waals surface area contributed by atoms with Gasteiger partial charge in [-0.2, -0.15) is 0 Å². The molecule has 0 atom stereocenters. The summed E-state index contributed by atoms with van der Waals surface area (Å²) in [5, 5.41) is 0. The van der Waals surface area contributed by atoms with Crippen LogP contribution in [0.1, 0.15) is 37.9 Å². The first kappa shape index (κ1) is 15.9. The Kier molecular flexibility index (Phi) is 4.93. The molecule has 21 heavy (non-hydrogen) atoms. The van der Waals surface area contributed by atoms with Crippen molar-refractivity contribution in [3.05, 3.63) is 44.3 Å². The second-order valence-electron chi connectivity index (χ2n) is 5.28. The highest BCUT2D eigenvalue weighted by Crippen LogP contribution is 2.21. The zero-order valence-corrected chi connectivity index (χ0v) is 14.4. The van der Waals surface area contributed by atoms with E-state index >= 15 is 0 Å². The maximum atomic E-state index is 12.6. The van der Waals surface area contributed by atoms with Gasteiger partial charge in [-0.1, -0.05) is 36.2 Å². The number of aromatic nitrogens is 2. The molecule has 0 saturated carbocycles. The van der Waals surface area contributed by atoms with Crippen LogP contribution in [-0.4, -0.2) is 9.36 Å². The van der Waals surface area contributed by atoms with E-state index in [0.717, 1.165) is 47.2 Å². The van der Waals surface area contributed by atoms with Crippen molar-refractivity contribution in [2.75, 3.05) is 5.73 Å². The van der Waals surface area contributed by atoms with Gasteiger partial charge in [-0.15, -0.1) is 0 Å². The number of nitrogen functional groups attached to an aromatic ring is 1. The fourth-order valence-corrected chi connectivity index (χ4v) is 3.13. The summed E-state index contributed by atoms with van der Waals surface area (Å²) < 4.78 is 4.77. The Balaban J connectivity index is 2.72. The van der Waals surface area contributed by atoms with Gasteiger partial charge >= 0.3 is 0 Å². The molecule has 0 aliphatic heterocycles. The number of hydrogen-bond acceptors (Lipinski definition) is 2. The Morgan fingerprint density at radius 1 is 1.24 bits per heavy atom. The number of nitrogens with zero attached hydrogens (tertiary/aromatic N) is 2. The molecule has 0 fully saturated rings. The predicted octanol–water partition coefficient (Wildman–Crippen LogP) is 3.65. The smallest absolute Gasteiger partial charge is 0.294 e. The molecule has 5 heteroatoms. The Morgan fingerprint density at radius 2 is 1.95 bits per heavy atom. The Morgan fingerprint density at radius 3 is 2.52 bits per heavy atom. The Hall–Kier alpha value is -1.49. The van der Waals surface area contributed by atoms with Crippen molar-refractivity contribution in [1.82, 2.24) is 9.36 Å². The van der Waals surface area contributed by atoms with Crippen LogP contribution in [0.5, 0.6) is 0 Å². The second-order valence-corrected chi connectivity index (χ2v) is 6.20. The molecule has 0 aliphatic carbocycles. The van der Waals surface area contributed by atoms with Crippen LogP contribution in [0.3, 0.4) is 0 Å². The van der Waals surface area contributed by atoms with E-state index in [1.54, 1.807) is 4.68 Å². The van der Waals surface area contributed by atoms with Crippen molar-refractivity contribution in [2.45, 2.75) is 46.6 Å². The fourth-order valence-electron chi connectivity index (χ4n) is 2.65. The highest BCUT2D eigenvalue weighted by molar-refractivity contribution is 9.10. The van der Waals surface area contributed by atoms with Crippen LogP contribution in [0.2, 0.25) is 0 Å². The van der Waals surface area contributed by atoms with Crippen LogP contribution in [0.25, 0.3) is 5.69 Å². The van der Waals surface area contributed by atoms with Crippen LogP contribution < -0.4 is 11.3 Å². The van der Waals surface area contributed by atoms with Crippen LogP contribution >= 0.6 is 15.9 Å². The summed E-state index contributed by atoms with van der Waals surface area (Å²) in [6, 6.07) is 5.93. The first-order valence-electron chi connectivity index (χ1n) is 7.37. The molecule has 114 valence electrons. The summed E-state index contributed by atoms with van der Waals surface area (Å²) in [5.41, 5.74) is 9.23. The second kappa shape index (κ2) is 6.52. The number of hydrogen-bond donors (Lipinski definition) is 1. The van der Waals surface area contributed by atoms with Crippen molar-refractivity contribution < 1.29 is 0 Å². The van der Waals surface area contributed by atoms with Crippen LogP contribution in [0, 0.1) is 6.92 Å². The summed E-state index contributed by atoms with van der Waals surface area (Å²) in [7, 11) is 0. The molecule has 0 spiro atoms. The SMILES string of the molecule is CCCc1c(N)c(=O)n(-c2ccc(Br)cc2C)n1CCC. The lowest BCUT2D eigenvalue weighted by atomic mass is 10.2. The number of nitrogens with two attached hydrogens (primary N) is 1. The fraction of sp³-hybridized carbons (Fsp3) is 0.438. The van der Waals surface area contributed by atoms with Gasteiger partial charge in [0, 0.05) is 11.0 Å². The molecule has 1 aromatic carbocycles. The molecule has 0 bridgehead atoms. The molecule has 2 N–H and O–H groups in total. The van der Waals surface area contributed by atoms with Crippen molar-refractivity contribution >= 4 is 21.6 Å². The van der Waals surface area contributed by atoms with E-state index in [1.165, 1.54) is 0 Å². The molecule has 0 unspecified atom stereocenters. The van der Waals surface area contributed by atoms with Gasteiger partial charge in [-0.25, -0.2) is 4.68 Å². The minimum Gasteiger partial charge on any atom is -0.393 e. The molecular formula is C16H22BrN3O. The summed E-state index contributed by atoms with van der Waals surface area (Å²) in [5.74, 6) is 0. The maximum absolute atomic E-state index is 12.6. The third-order valence-corrected chi connectivity index (χ3v) is 4.09. The van der Waals surface area contributed by atoms with Crippen molar-refractivity contribution in [3.8, 4) is 5.69 Å². The third-order valence-electron chi connectivity index (χ3n) is 3.60. The van der Waals surface area contributed by atoms with Crippen molar-refractivity contribution in [3.63, 3.8) is 0 Å². The van der Waals surface area contributed by atoms with Crippen molar-refractivity contribution in [1.29, 1.82) is 0 Å². The number of rotatable bonds is 5. The van der Waals surface area contributed by atoms with Gasteiger partial charge in [-0.3, -0.25) is 9.48 Å². The van der Waals surface area contributed by atoms with E-state index in [-0.39, 0.29) is 5.56 Å². The molecule has 0 aliphatic rings. The molecular weight excluding hydrogens is 330 g/mol. The topological polar surface area (TPSA) is 53.0 Å². The van der Waals surface area contributed by atoms with E-state index in [4.69, 9.17) is 5.73 Å². The van der Waals surface area contributed by atoms with E-state index in [9.17, 15) is 4.79 Å². The number of benzene rings is 1. The Labute approximate surface area is 133 Å². The van der Waals surface area contributed by atoms with Crippen LogP contribution in [-0.2, 0) is 13.0 Å².